The normalized spacial score (nSPS) is 12.1. The number of amides is 1. The number of anilines is 1. The number of nitrogens with zero attached hydrogens (tertiary/aromatic N) is 4. The molecule has 0 saturated carbocycles. The minimum Gasteiger partial charge on any atom is -0.327 e. The molecular formula is C12H16N6O. The molecule has 2 aromatic rings. The number of carbonyl (C=O) groups is 1. The second-order valence-corrected chi connectivity index (χ2v) is 4.14. The minimum atomic E-state index is -0.135. The van der Waals surface area contributed by atoms with Crippen molar-refractivity contribution in [2.75, 3.05) is 5.32 Å². The maximum absolute atomic E-state index is 11.8. The van der Waals surface area contributed by atoms with Crippen LogP contribution in [0.4, 0.5) is 5.69 Å². The van der Waals surface area contributed by atoms with Crippen LogP contribution in [-0.4, -0.2) is 31.7 Å². The van der Waals surface area contributed by atoms with Gasteiger partial charge in [0, 0.05) is 18.7 Å². The van der Waals surface area contributed by atoms with Crippen LogP contribution < -0.4 is 11.1 Å². The van der Waals surface area contributed by atoms with E-state index < -0.39 is 0 Å². The number of aromatic nitrogens is 4. The van der Waals surface area contributed by atoms with Crippen molar-refractivity contribution in [3.8, 4) is 5.82 Å². The first-order chi connectivity index (χ1) is 9.20. The smallest absolute Gasteiger partial charge is 0.226 e. The first-order valence-electron chi connectivity index (χ1n) is 6.06. The Labute approximate surface area is 110 Å². The minimum absolute atomic E-state index is 0.133. The van der Waals surface area contributed by atoms with Gasteiger partial charge in [0.15, 0.2) is 5.82 Å². The maximum atomic E-state index is 11.8. The van der Waals surface area contributed by atoms with E-state index in [4.69, 9.17) is 5.73 Å². The van der Waals surface area contributed by atoms with E-state index >= 15 is 0 Å². The second kappa shape index (κ2) is 6.05. The van der Waals surface area contributed by atoms with Crippen LogP contribution in [-0.2, 0) is 4.79 Å². The summed E-state index contributed by atoms with van der Waals surface area (Å²) < 4.78 is 1.50. The highest BCUT2D eigenvalue weighted by atomic mass is 16.1. The Bertz CT molecular complexity index is 539. The quantitative estimate of drug-likeness (QED) is 0.825. The third-order valence-corrected chi connectivity index (χ3v) is 2.67. The second-order valence-electron chi connectivity index (χ2n) is 4.14. The topological polar surface area (TPSA) is 98.7 Å². The van der Waals surface area contributed by atoms with Crippen LogP contribution in [0.25, 0.3) is 5.82 Å². The molecule has 100 valence electrons. The lowest BCUT2D eigenvalue weighted by Crippen LogP contribution is -2.26. The molecule has 7 heteroatoms. The third-order valence-electron chi connectivity index (χ3n) is 2.67. The molecule has 2 rings (SSSR count). The standard InChI is InChI=1S/C12H16N6O/c1-2-9(13)6-11(19)17-10-4-3-5-15-12(10)18-8-14-7-16-18/h3-5,7-9H,2,6,13H2,1H3,(H,17,19). The van der Waals surface area contributed by atoms with Gasteiger partial charge in [0.05, 0.1) is 5.69 Å². The highest BCUT2D eigenvalue weighted by Gasteiger charge is 2.12. The zero-order valence-corrected chi connectivity index (χ0v) is 10.7. The Balaban J connectivity index is 2.15. The molecule has 0 fully saturated rings. The summed E-state index contributed by atoms with van der Waals surface area (Å²) in [5.41, 5.74) is 6.34. The van der Waals surface area contributed by atoms with Crippen molar-refractivity contribution in [1.82, 2.24) is 19.7 Å². The van der Waals surface area contributed by atoms with Gasteiger partial charge in [0.25, 0.3) is 0 Å². The molecule has 0 saturated heterocycles. The molecule has 2 aromatic heterocycles. The molecule has 7 nitrogen and oxygen atoms in total. The molecule has 0 spiro atoms. The fraction of sp³-hybridized carbons (Fsp3) is 0.333. The van der Waals surface area contributed by atoms with Crippen LogP contribution in [0.3, 0.4) is 0 Å². The molecule has 0 aliphatic carbocycles. The zero-order valence-electron chi connectivity index (χ0n) is 10.7. The van der Waals surface area contributed by atoms with Gasteiger partial charge in [-0.1, -0.05) is 6.92 Å². The number of rotatable bonds is 5. The van der Waals surface area contributed by atoms with Crippen molar-refractivity contribution in [2.24, 2.45) is 5.73 Å². The lowest BCUT2D eigenvalue weighted by Gasteiger charge is -2.11. The van der Waals surface area contributed by atoms with Gasteiger partial charge >= 0.3 is 0 Å². The number of pyridine rings is 1. The predicted octanol–water partition coefficient (Wildman–Crippen LogP) is 0.728. The highest BCUT2D eigenvalue weighted by Crippen LogP contribution is 2.16. The van der Waals surface area contributed by atoms with Crippen LogP contribution in [0.1, 0.15) is 19.8 Å². The lowest BCUT2D eigenvalue weighted by atomic mass is 10.1. The molecule has 1 atom stereocenters. The van der Waals surface area contributed by atoms with Gasteiger partial charge in [0.1, 0.15) is 12.7 Å². The van der Waals surface area contributed by atoms with Crippen molar-refractivity contribution >= 4 is 11.6 Å². The third kappa shape index (κ3) is 3.35. The number of hydrogen-bond donors (Lipinski definition) is 2. The van der Waals surface area contributed by atoms with E-state index in [0.717, 1.165) is 6.42 Å². The summed E-state index contributed by atoms with van der Waals surface area (Å²) in [5.74, 6) is 0.391. The molecule has 19 heavy (non-hydrogen) atoms. The van der Waals surface area contributed by atoms with Crippen molar-refractivity contribution in [3.63, 3.8) is 0 Å². The Morgan fingerprint density at radius 1 is 1.58 bits per heavy atom. The van der Waals surface area contributed by atoms with Gasteiger partial charge in [-0.25, -0.2) is 14.6 Å². The largest absolute Gasteiger partial charge is 0.327 e. The monoisotopic (exact) mass is 260 g/mol. The SMILES string of the molecule is CCC(N)CC(=O)Nc1cccnc1-n1cncn1. The molecule has 1 amide bonds. The van der Waals surface area contributed by atoms with Crippen LogP contribution in [0.15, 0.2) is 31.0 Å². The zero-order chi connectivity index (χ0) is 13.7. The molecule has 0 bridgehead atoms. The van der Waals surface area contributed by atoms with E-state index in [0.29, 0.717) is 11.5 Å². The summed E-state index contributed by atoms with van der Waals surface area (Å²) in [6.07, 6.45) is 5.60. The van der Waals surface area contributed by atoms with Gasteiger partial charge < -0.3 is 11.1 Å². The van der Waals surface area contributed by atoms with Gasteiger partial charge in [-0.05, 0) is 18.6 Å². The fourth-order valence-electron chi connectivity index (χ4n) is 1.58. The van der Waals surface area contributed by atoms with Crippen LogP contribution in [0.5, 0.6) is 0 Å². The number of nitrogens with one attached hydrogen (secondary N) is 1. The number of nitrogens with two attached hydrogens (primary N) is 1. The van der Waals surface area contributed by atoms with Gasteiger partial charge in [0.2, 0.25) is 5.91 Å². The Hall–Kier alpha value is -2.28. The first-order valence-corrected chi connectivity index (χ1v) is 6.06. The van der Waals surface area contributed by atoms with E-state index in [9.17, 15) is 4.79 Å². The van der Waals surface area contributed by atoms with Crippen LogP contribution >= 0.6 is 0 Å². The van der Waals surface area contributed by atoms with E-state index in [-0.39, 0.29) is 18.4 Å². The van der Waals surface area contributed by atoms with E-state index in [1.165, 1.54) is 17.3 Å². The summed E-state index contributed by atoms with van der Waals surface area (Å²) >= 11 is 0. The summed E-state index contributed by atoms with van der Waals surface area (Å²) in [4.78, 5) is 19.9. The Morgan fingerprint density at radius 2 is 2.42 bits per heavy atom. The van der Waals surface area contributed by atoms with Gasteiger partial charge in [-0.2, -0.15) is 5.10 Å². The molecule has 0 aliphatic heterocycles. The Morgan fingerprint density at radius 3 is 3.11 bits per heavy atom. The maximum Gasteiger partial charge on any atom is 0.226 e. The van der Waals surface area contributed by atoms with E-state index in [1.54, 1.807) is 18.3 Å². The van der Waals surface area contributed by atoms with E-state index in [2.05, 4.69) is 20.4 Å². The summed E-state index contributed by atoms with van der Waals surface area (Å²) in [6.45, 7) is 1.95. The molecule has 0 radical (unpaired) electrons. The Kier molecular flexibility index (Phi) is 4.19. The average molecular weight is 260 g/mol. The highest BCUT2D eigenvalue weighted by molar-refractivity contribution is 5.92. The molecule has 3 N–H and O–H groups in total. The first kappa shape index (κ1) is 13.2. The molecule has 0 aliphatic rings. The van der Waals surface area contributed by atoms with Crippen molar-refractivity contribution in [3.05, 3.63) is 31.0 Å². The lowest BCUT2D eigenvalue weighted by molar-refractivity contribution is -0.116. The summed E-state index contributed by atoms with van der Waals surface area (Å²) in [6, 6.07) is 3.38. The van der Waals surface area contributed by atoms with Crippen molar-refractivity contribution < 1.29 is 4.79 Å². The van der Waals surface area contributed by atoms with E-state index in [1.807, 2.05) is 6.92 Å². The molecule has 2 heterocycles. The fourth-order valence-corrected chi connectivity index (χ4v) is 1.58. The molecular weight excluding hydrogens is 244 g/mol. The van der Waals surface area contributed by atoms with Crippen molar-refractivity contribution in [2.45, 2.75) is 25.8 Å². The van der Waals surface area contributed by atoms with Crippen molar-refractivity contribution in [1.29, 1.82) is 0 Å². The predicted molar refractivity (Wildman–Crippen MR) is 70.7 cm³/mol. The van der Waals surface area contributed by atoms with Crippen LogP contribution in [0.2, 0.25) is 0 Å². The van der Waals surface area contributed by atoms with Gasteiger partial charge in [-0.3, -0.25) is 4.79 Å². The summed E-state index contributed by atoms with van der Waals surface area (Å²) in [7, 11) is 0. The molecule has 0 aromatic carbocycles. The number of hydrogen-bond acceptors (Lipinski definition) is 5. The summed E-state index contributed by atoms with van der Waals surface area (Å²) in [5, 5.41) is 6.79. The van der Waals surface area contributed by atoms with Gasteiger partial charge in [-0.15, -0.1) is 0 Å². The molecule has 1 unspecified atom stereocenters. The average Bonchev–Trinajstić information content (AvgIpc) is 2.93. The number of carbonyl (C=O) groups excluding carboxylic acids is 1. The van der Waals surface area contributed by atoms with Crippen LogP contribution in [0, 0.1) is 0 Å².